The first-order chi connectivity index (χ1) is 27.5. The monoisotopic (exact) mass is 809 g/mol. The van der Waals surface area contributed by atoms with Gasteiger partial charge in [0, 0.05) is 13.2 Å². The quantitative estimate of drug-likeness (QED) is 0.0636. The number of aliphatic hydroxyl groups is 2. The molecule has 0 aliphatic heterocycles. The Bertz CT molecular complexity index is 949. The fourth-order valence-corrected chi connectivity index (χ4v) is 6.91. The SMILES string of the molecule is C=CCCC(CCC(C)CC)C(=C)C.C=CCCC(CCC(C)CC)C(=C)C.C=CCCC(CCC(C)CCO)C(=C)C.C=CCCC(CCC(C)CCO)C(=C)C. The number of rotatable bonds is 34. The van der Waals surface area contributed by atoms with Crippen LogP contribution in [0.2, 0.25) is 0 Å². The van der Waals surface area contributed by atoms with Crippen LogP contribution in [0.5, 0.6) is 0 Å². The lowest BCUT2D eigenvalue weighted by Gasteiger charge is -2.18. The van der Waals surface area contributed by atoms with Gasteiger partial charge in [-0.15, -0.1) is 26.3 Å². The van der Waals surface area contributed by atoms with Crippen LogP contribution in [0.1, 0.15) is 198 Å². The molecule has 0 radical (unpaired) electrons. The maximum atomic E-state index is 8.82. The summed E-state index contributed by atoms with van der Waals surface area (Å²) >= 11 is 0. The second kappa shape index (κ2) is 44.4. The molecule has 0 aliphatic rings. The zero-order chi connectivity index (χ0) is 45.3. The molecule has 8 atom stereocenters. The molecule has 0 aromatic heterocycles. The third kappa shape index (κ3) is 42.0. The molecule has 340 valence electrons. The molecule has 58 heavy (non-hydrogen) atoms. The average molecular weight is 809 g/mol. The number of hydrogen-bond donors (Lipinski definition) is 2. The van der Waals surface area contributed by atoms with E-state index in [4.69, 9.17) is 10.2 Å². The summed E-state index contributed by atoms with van der Waals surface area (Å²) in [5.74, 6) is 5.65. The maximum Gasteiger partial charge on any atom is 0.0433 e. The van der Waals surface area contributed by atoms with Crippen LogP contribution in [0.4, 0.5) is 0 Å². The number of hydrogen-bond acceptors (Lipinski definition) is 2. The van der Waals surface area contributed by atoms with Gasteiger partial charge < -0.3 is 10.2 Å². The smallest absolute Gasteiger partial charge is 0.0433 e. The normalized spacial score (nSPS) is 14.7. The molecule has 0 saturated heterocycles. The highest BCUT2D eigenvalue weighted by atomic mass is 16.3. The van der Waals surface area contributed by atoms with Crippen LogP contribution in [0.25, 0.3) is 0 Å². The van der Waals surface area contributed by atoms with Crippen molar-refractivity contribution in [2.24, 2.45) is 47.3 Å². The summed E-state index contributed by atoms with van der Waals surface area (Å²) in [6.07, 6.45) is 31.7. The minimum absolute atomic E-state index is 0.311. The van der Waals surface area contributed by atoms with Crippen LogP contribution < -0.4 is 0 Å². The van der Waals surface area contributed by atoms with Gasteiger partial charge in [0.15, 0.2) is 0 Å². The summed E-state index contributed by atoms with van der Waals surface area (Å²) in [6.45, 7) is 54.1. The van der Waals surface area contributed by atoms with E-state index in [2.05, 4.69) is 122 Å². The van der Waals surface area contributed by atoms with Crippen molar-refractivity contribution in [3.63, 3.8) is 0 Å². The number of allylic oxidation sites excluding steroid dienone is 8. The van der Waals surface area contributed by atoms with E-state index < -0.39 is 0 Å². The van der Waals surface area contributed by atoms with Gasteiger partial charge in [0.1, 0.15) is 0 Å². The standard InChI is InChI=1S/2C14H26O.2C14H26/c2*1-5-6-7-14(12(2)3)9-8-13(4)10-11-15;2*1-6-8-9-14(12(3)4)11-10-13(5)7-2/h2*5,13-15H,1-2,6-11H2,3-4H3;2*6,13-14H,1,3,7-11H2,2,4-5H3. The second-order valence-electron chi connectivity index (χ2n) is 18.2. The highest BCUT2D eigenvalue weighted by molar-refractivity contribution is 4.99. The van der Waals surface area contributed by atoms with Gasteiger partial charge in [-0.3, -0.25) is 0 Å². The van der Waals surface area contributed by atoms with E-state index in [9.17, 15) is 0 Å². The largest absolute Gasteiger partial charge is 0.396 e. The molecular formula is C56H104O2. The van der Waals surface area contributed by atoms with E-state index in [0.29, 0.717) is 48.7 Å². The van der Waals surface area contributed by atoms with Crippen LogP contribution in [0.15, 0.2) is 99.2 Å². The van der Waals surface area contributed by atoms with Crippen molar-refractivity contribution in [2.45, 2.75) is 198 Å². The molecule has 0 spiro atoms. The van der Waals surface area contributed by atoms with E-state index in [1.54, 1.807) is 0 Å². The van der Waals surface area contributed by atoms with Gasteiger partial charge in [-0.1, -0.05) is 153 Å². The summed E-state index contributed by atoms with van der Waals surface area (Å²) in [6, 6.07) is 0. The van der Waals surface area contributed by atoms with E-state index in [-0.39, 0.29) is 0 Å². The van der Waals surface area contributed by atoms with Crippen molar-refractivity contribution >= 4 is 0 Å². The summed E-state index contributed by atoms with van der Waals surface area (Å²) in [5.41, 5.74) is 5.26. The molecule has 0 heterocycles. The fourth-order valence-electron chi connectivity index (χ4n) is 6.91. The van der Waals surface area contributed by atoms with Crippen LogP contribution in [0, 0.1) is 47.3 Å². The Kier molecular flexibility index (Phi) is 47.8. The van der Waals surface area contributed by atoms with Gasteiger partial charge in [0.05, 0.1) is 0 Å². The highest BCUT2D eigenvalue weighted by Crippen LogP contribution is 2.27. The Morgan fingerprint density at radius 1 is 0.362 bits per heavy atom. The Morgan fingerprint density at radius 3 is 0.724 bits per heavy atom. The van der Waals surface area contributed by atoms with Crippen molar-refractivity contribution in [2.75, 3.05) is 13.2 Å². The third-order valence-corrected chi connectivity index (χ3v) is 12.3. The lowest BCUT2D eigenvalue weighted by Crippen LogP contribution is -2.05. The van der Waals surface area contributed by atoms with Gasteiger partial charge in [-0.05, 0) is 165 Å². The maximum absolute atomic E-state index is 8.82. The molecule has 2 nitrogen and oxygen atoms in total. The zero-order valence-electron chi connectivity index (χ0n) is 41.0. The van der Waals surface area contributed by atoms with E-state index in [1.807, 2.05) is 24.3 Å². The first kappa shape index (κ1) is 62.5. The fraction of sp³-hybridized carbons (Fsp3) is 0.714. The van der Waals surface area contributed by atoms with Gasteiger partial charge in [-0.2, -0.15) is 0 Å². The molecule has 0 rings (SSSR count). The molecule has 0 aromatic carbocycles. The molecule has 8 unspecified atom stereocenters. The lowest BCUT2D eigenvalue weighted by molar-refractivity contribution is 0.253. The van der Waals surface area contributed by atoms with Crippen molar-refractivity contribution in [1.82, 2.24) is 0 Å². The van der Waals surface area contributed by atoms with Crippen LogP contribution >= 0.6 is 0 Å². The van der Waals surface area contributed by atoms with Crippen LogP contribution in [-0.4, -0.2) is 23.4 Å². The van der Waals surface area contributed by atoms with Crippen molar-refractivity contribution < 1.29 is 10.2 Å². The summed E-state index contributed by atoms with van der Waals surface area (Å²) < 4.78 is 0. The molecule has 0 bridgehead atoms. The molecule has 0 saturated carbocycles. The molecule has 2 heteroatoms. The van der Waals surface area contributed by atoms with E-state index in [0.717, 1.165) is 50.4 Å². The molecule has 0 fully saturated rings. The summed E-state index contributed by atoms with van der Waals surface area (Å²) in [7, 11) is 0. The van der Waals surface area contributed by atoms with Crippen molar-refractivity contribution in [1.29, 1.82) is 0 Å². The average Bonchev–Trinajstić information content (AvgIpc) is 3.18. The van der Waals surface area contributed by atoms with Gasteiger partial charge in [0.2, 0.25) is 0 Å². The molecule has 0 aliphatic carbocycles. The first-order valence-corrected chi connectivity index (χ1v) is 23.7. The van der Waals surface area contributed by atoms with Crippen molar-refractivity contribution in [3.05, 3.63) is 99.2 Å². The van der Waals surface area contributed by atoms with Gasteiger partial charge in [0.25, 0.3) is 0 Å². The Labute approximate surface area is 366 Å². The van der Waals surface area contributed by atoms with E-state index in [1.165, 1.54) is 112 Å². The van der Waals surface area contributed by atoms with Crippen LogP contribution in [0.3, 0.4) is 0 Å². The Balaban J connectivity index is -0.000000335. The first-order valence-electron chi connectivity index (χ1n) is 23.7. The van der Waals surface area contributed by atoms with Gasteiger partial charge in [-0.25, -0.2) is 0 Å². The van der Waals surface area contributed by atoms with Gasteiger partial charge >= 0.3 is 0 Å². The second-order valence-corrected chi connectivity index (χ2v) is 18.2. The summed E-state index contributed by atoms with van der Waals surface area (Å²) in [4.78, 5) is 0. The van der Waals surface area contributed by atoms with E-state index >= 15 is 0 Å². The lowest BCUT2D eigenvalue weighted by atomic mass is 9.88. The molecule has 0 amide bonds. The Hall–Kier alpha value is -2.16. The topological polar surface area (TPSA) is 40.5 Å². The molecule has 2 N–H and O–H groups in total. The third-order valence-electron chi connectivity index (χ3n) is 12.3. The summed E-state index contributed by atoms with van der Waals surface area (Å²) in [5, 5.41) is 17.6. The Morgan fingerprint density at radius 2 is 0.569 bits per heavy atom. The van der Waals surface area contributed by atoms with Crippen molar-refractivity contribution in [3.8, 4) is 0 Å². The zero-order valence-corrected chi connectivity index (χ0v) is 41.0. The molecule has 0 aromatic rings. The minimum atomic E-state index is 0.311. The number of aliphatic hydroxyl groups excluding tert-OH is 2. The molecular weight excluding hydrogens is 705 g/mol. The highest BCUT2D eigenvalue weighted by Gasteiger charge is 2.13. The minimum Gasteiger partial charge on any atom is -0.396 e. The predicted molar refractivity (Wildman–Crippen MR) is 269 cm³/mol. The predicted octanol–water partition coefficient (Wildman–Crippen LogP) is 17.8. The van der Waals surface area contributed by atoms with Crippen LogP contribution in [-0.2, 0) is 0 Å².